The second kappa shape index (κ2) is 7.65. The zero-order valence-electron chi connectivity index (χ0n) is 12.2. The molecule has 0 aliphatic carbocycles. The van der Waals surface area contributed by atoms with E-state index in [1.807, 2.05) is 45.0 Å². The number of rotatable bonds is 7. The number of carboxylic acid groups (broad SMARTS) is 1. The maximum atomic E-state index is 12.3. The van der Waals surface area contributed by atoms with Crippen LogP contribution in [0.5, 0.6) is 0 Å². The average molecular weight is 278 g/mol. The number of hydrogen-bond acceptors (Lipinski definition) is 3. The van der Waals surface area contributed by atoms with Gasteiger partial charge in [0.05, 0.1) is 13.0 Å². The Bertz CT molecular complexity index is 472. The highest BCUT2D eigenvalue weighted by molar-refractivity contribution is 5.95. The average Bonchev–Trinajstić information content (AvgIpc) is 2.38. The molecule has 1 aromatic rings. The summed E-state index contributed by atoms with van der Waals surface area (Å²) in [5, 5.41) is 11.9. The molecule has 1 amide bonds. The molecule has 5 nitrogen and oxygen atoms in total. The molecule has 0 unspecified atom stereocenters. The number of anilines is 1. The van der Waals surface area contributed by atoms with E-state index in [1.54, 1.807) is 4.90 Å². The van der Waals surface area contributed by atoms with E-state index < -0.39 is 5.97 Å². The van der Waals surface area contributed by atoms with Crippen molar-refractivity contribution in [2.45, 2.75) is 33.2 Å². The van der Waals surface area contributed by atoms with Crippen molar-refractivity contribution < 1.29 is 14.7 Å². The quantitative estimate of drug-likeness (QED) is 0.798. The largest absolute Gasteiger partial charge is 0.481 e. The first-order valence-electron chi connectivity index (χ1n) is 6.73. The molecule has 110 valence electrons. The summed E-state index contributed by atoms with van der Waals surface area (Å²) in [6.45, 7) is 6.21. The van der Waals surface area contributed by atoms with E-state index in [9.17, 15) is 9.59 Å². The molecule has 20 heavy (non-hydrogen) atoms. The van der Waals surface area contributed by atoms with Crippen LogP contribution in [0.4, 0.5) is 5.69 Å². The zero-order chi connectivity index (χ0) is 15.1. The molecular weight excluding hydrogens is 256 g/mol. The van der Waals surface area contributed by atoms with Gasteiger partial charge in [0.25, 0.3) is 0 Å². The fourth-order valence-corrected chi connectivity index (χ4v) is 1.84. The third kappa shape index (κ3) is 5.01. The van der Waals surface area contributed by atoms with Gasteiger partial charge in [0.2, 0.25) is 5.91 Å². The van der Waals surface area contributed by atoms with Gasteiger partial charge in [0.15, 0.2) is 0 Å². The van der Waals surface area contributed by atoms with E-state index in [0.29, 0.717) is 0 Å². The van der Waals surface area contributed by atoms with E-state index >= 15 is 0 Å². The van der Waals surface area contributed by atoms with Crippen LogP contribution in [-0.2, 0) is 9.59 Å². The minimum absolute atomic E-state index is 0.0677. The maximum absolute atomic E-state index is 12.3. The summed E-state index contributed by atoms with van der Waals surface area (Å²) in [4.78, 5) is 24.6. The zero-order valence-corrected chi connectivity index (χ0v) is 12.2. The molecule has 0 fully saturated rings. The van der Waals surface area contributed by atoms with Gasteiger partial charge in [-0.3, -0.25) is 9.59 Å². The first-order valence-corrected chi connectivity index (χ1v) is 6.73. The van der Waals surface area contributed by atoms with Crippen LogP contribution >= 0.6 is 0 Å². The number of nitrogens with zero attached hydrogens (tertiary/aromatic N) is 1. The molecule has 0 spiro atoms. The van der Waals surface area contributed by atoms with E-state index in [1.165, 1.54) is 0 Å². The highest BCUT2D eigenvalue weighted by atomic mass is 16.4. The first-order chi connectivity index (χ1) is 9.41. The Kier molecular flexibility index (Phi) is 6.18. The van der Waals surface area contributed by atoms with Crippen molar-refractivity contribution in [2.75, 3.05) is 18.0 Å². The van der Waals surface area contributed by atoms with Gasteiger partial charge >= 0.3 is 5.97 Å². The van der Waals surface area contributed by atoms with Crippen LogP contribution in [0.15, 0.2) is 24.3 Å². The molecule has 2 N–H and O–H groups in total. The Labute approximate surface area is 119 Å². The van der Waals surface area contributed by atoms with Crippen molar-refractivity contribution >= 4 is 17.6 Å². The second-order valence-corrected chi connectivity index (χ2v) is 5.01. The number of hydrogen-bond donors (Lipinski definition) is 2. The van der Waals surface area contributed by atoms with Gasteiger partial charge in [0.1, 0.15) is 0 Å². The fourth-order valence-electron chi connectivity index (χ4n) is 1.84. The van der Waals surface area contributed by atoms with Crippen molar-refractivity contribution in [3.63, 3.8) is 0 Å². The lowest BCUT2D eigenvalue weighted by Gasteiger charge is -2.24. The predicted molar refractivity (Wildman–Crippen MR) is 78.9 cm³/mol. The fraction of sp³-hybridized carbons (Fsp3) is 0.467. The summed E-state index contributed by atoms with van der Waals surface area (Å²) >= 11 is 0. The summed E-state index contributed by atoms with van der Waals surface area (Å²) < 4.78 is 0. The van der Waals surface area contributed by atoms with E-state index in [4.69, 9.17) is 5.11 Å². The summed E-state index contributed by atoms with van der Waals surface area (Å²) in [7, 11) is 0. The van der Waals surface area contributed by atoms with Gasteiger partial charge in [-0.15, -0.1) is 0 Å². The van der Waals surface area contributed by atoms with E-state index in [2.05, 4.69) is 5.32 Å². The van der Waals surface area contributed by atoms with Crippen LogP contribution in [0.25, 0.3) is 0 Å². The molecule has 0 saturated heterocycles. The topological polar surface area (TPSA) is 69.6 Å². The number of aryl methyl sites for hydroxylation is 1. The standard InChI is InChI=1S/C15H22N2O3/c1-11(2)16-10-14(18)17(9-8-15(19)20)13-7-5-4-6-12(13)3/h4-7,11,16H,8-10H2,1-3H3,(H,19,20). The Hall–Kier alpha value is -1.88. The number of benzene rings is 1. The van der Waals surface area contributed by atoms with Crippen LogP contribution in [0.2, 0.25) is 0 Å². The van der Waals surface area contributed by atoms with Gasteiger partial charge in [0, 0.05) is 18.3 Å². The molecule has 0 bridgehead atoms. The Balaban J connectivity index is 2.87. The lowest BCUT2D eigenvalue weighted by atomic mass is 10.1. The van der Waals surface area contributed by atoms with Crippen molar-refractivity contribution in [1.82, 2.24) is 5.32 Å². The predicted octanol–water partition coefficient (Wildman–Crippen LogP) is 1.80. The molecule has 0 aliphatic heterocycles. The number of nitrogens with one attached hydrogen (secondary N) is 1. The summed E-state index contributed by atoms with van der Waals surface area (Å²) in [6, 6.07) is 7.69. The van der Waals surface area contributed by atoms with Crippen LogP contribution in [-0.4, -0.2) is 36.1 Å². The minimum Gasteiger partial charge on any atom is -0.481 e. The van der Waals surface area contributed by atoms with Crippen molar-refractivity contribution in [3.8, 4) is 0 Å². The van der Waals surface area contributed by atoms with Crippen LogP contribution in [0.1, 0.15) is 25.8 Å². The van der Waals surface area contributed by atoms with Crippen LogP contribution in [0.3, 0.4) is 0 Å². The van der Waals surface area contributed by atoms with Crippen molar-refractivity contribution in [1.29, 1.82) is 0 Å². The molecule has 0 aliphatic rings. The normalized spacial score (nSPS) is 10.6. The molecular formula is C15H22N2O3. The number of carboxylic acids is 1. The molecule has 0 heterocycles. The number of aliphatic carboxylic acids is 1. The monoisotopic (exact) mass is 278 g/mol. The molecule has 0 radical (unpaired) electrons. The third-order valence-corrected chi connectivity index (χ3v) is 2.92. The summed E-state index contributed by atoms with van der Waals surface area (Å²) in [6.07, 6.45) is -0.0677. The van der Waals surface area contributed by atoms with Crippen molar-refractivity contribution in [3.05, 3.63) is 29.8 Å². The Morgan fingerprint density at radius 3 is 2.50 bits per heavy atom. The Morgan fingerprint density at radius 1 is 1.30 bits per heavy atom. The van der Waals surface area contributed by atoms with Gasteiger partial charge in [-0.05, 0) is 18.6 Å². The number of carbonyl (C=O) groups is 2. The minimum atomic E-state index is -0.909. The number of carbonyl (C=O) groups excluding carboxylic acids is 1. The summed E-state index contributed by atoms with van der Waals surface area (Å²) in [5.41, 5.74) is 1.72. The molecule has 1 rings (SSSR count). The number of amides is 1. The van der Waals surface area contributed by atoms with Gasteiger partial charge < -0.3 is 15.3 Å². The molecule has 5 heteroatoms. The SMILES string of the molecule is Cc1ccccc1N(CCC(=O)O)C(=O)CNC(C)C. The Morgan fingerprint density at radius 2 is 1.95 bits per heavy atom. The second-order valence-electron chi connectivity index (χ2n) is 5.01. The van der Waals surface area contributed by atoms with Crippen LogP contribution in [0, 0.1) is 6.92 Å². The van der Waals surface area contributed by atoms with Gasteiger partial charge in [-0.1, -0.05) is 32.0 Å². The highest BCUT2D eigenvalue weighted by Gasteiger charge is 2.18. The third-order valence-electron chi connectivity index (χ3n) is 2.92. The summed E-state index contributed by atoms with van der Waals surface area (Å²) in [5.74, 6) is -1.03. The highest BCUT2D eigenvalue weighted by Crippen LogP contribution is 2.19. The number of para-hydroxylation sites is 1. The van der Waals surface area contributed by atoms with E-state index in [0.717, 1.165) is 11.3 Å². The molecule has 0 atom stereocenters. The van der Waals surface area contributed by atoms with Gasteiger partial charge in [-0.25, -0.2) is 0 Å². The van der Waals surface area contributed by atoms with Gasteiger partial charge in [-0.2, -0.15) is 0 Å². The molecule has 0 aromatic heterocycles. The molecule has 0 saturated carbocycles. The lowest BCUT2D eigenvalue weighted by Crippen LogP contribution is -2.41. The van der Waals surface area contributed by atoms with E-state index in [-0.39, 0.29) is 31.5 Å². The lowest BCUT2D eigenvalue weighted by molar-refractivity contribution is -0.136. The maximum Gasteiger partial charge on any atom is 0.305 e. The van der Waals surface area contributed by atoms with Crippen LogP contribution < -0.4 is 10.2 Å². The molecule has 1 aromatic carbocycles. The van der Waals surface area contributed by atoms with Crippen molar-refractivity contribution in [2.24, 2.45) is 0 Å². The smallest absolute Gasteiger partial charge is 0.305 e. The first kappa shape index (κ1) is 16.2.